The van der Waals surface area contributed by atoms with E-state index in [1.807, 2.05) is 30.3 Å². The standard InChI is InChI=1S/C14H11N3O3S/c18-13(10-6-8-12(9-7-10)17(19)20)16-14(21)15-11-4-2-1-3-5-11/h1-9H,(H2,15,16,18,21). The molecule has 2 aromatic rings. The van der Waals surface area contributed by atoms with Gasteiger partial charge in [0, 0.05) is 23.4 Å². The Morgan fingerprint density at radius 1 is 1.05 bits per heavy atom. The molecule has 0 atom stereocenters. The lowest BCUT2D eigenvalue weighted by Gasteiger charge is -2.09. The van der Waals surface area contributed by atoms with Crippen molar-refractivity contribution >= 4 is 34.6 Å². The van der Waals surface area contributed by atoms with Crippen molar-refractivity contribution in [3.8, 4) is 0 Å². The summed E-state index contributed by atoms with van der Waals surface area (Å²) in [6.45, 7) is 0. The van der Waals surface area contributed by atoms with E-state index in [0.29, 0.717) is 0 Å². The van der Waals surface area contributed by atoms with Crippen molar-refractivity contribution in [1.82, 2.24) is 5.32 Å². The number of thiocarbonyl (C=S) groups is 1. The topological polar surface area (TPSA) is 84.3 Å². The molecule has 21 heavy (non-hydrogen) atoms. The summed E-state index contributed by atoms with van der Waals surface area (Å²) in [5.74, 6) is -0.432. The summed E-state index contributed by atoms with van der Waals surface area (Å²) in [6.07, 6.45) is 0. The second-order valence-electron chi connectivity index (χ2n) is 4.08. The Morgan fingerprint density at radius 2 is 1.67 bits per heavy atom. The summed E-state index contributed by atoms with van der Waals surface area (Å²) in [7, 11) is 0. The lowest BCUT2D eigenvalue weighted by Crippen LogP contribution is -2.34. The Labute approximate surface area is 125 Å². The van der Waals surface area contributed by atoms with Crippen molar-refractivity contribution in [2.24, 2.45) is 0 Å². The molecule has 0 aliphatic carbocycles. The third kappa shape index (κ3) is 4.08. The number of hydrogen-bond acceptors (Lipinski definition) is 4. The van der Waals surface area contributed by atoms with Crippen molar-refractivity contribution in [3.05, 3.63) is 70.3 Å². The molecule has 0 bridgehead atoms. The molecule has 0 fully saturated rings. The third-order valence-electron chi connectivity index (χ3n) is 2.60. The fraction of sp³-hybridized carbons (Fsp3) is 0. The average Bonchev–Trinajstić information content (AvgIpc) is 2.48. The maximum Gasteiger partial charge on any atom is 0.269 e. The molecule has 1 amide bonds. The van der Waals surface area contributed by atoms with E-state index in [1.165, 1.54) is 24.3 Å². The monoisotopic (exact) mass is 301 g/mol. The summed E-state index contributed by atoms with van der Waals surface area (Å²) in [6, 6.07) is 14.4. The van der Waals surface area contributed by atoms with Crippen LogP contribution in [0.3, 0.4) is 0 Å². The molecule has 6 nitrogen and oxygen atoms in total. The van der Waals surface area contributed by atoms with Crippen LogP contribution in [0.25, 0.3) is 0 Å². The molecule has 0 radical (unpaired) electrons. The number of anilines is 1. The molecular weight excluding hydrogens is 290 g/mol. The van der Waals surface area contributed by atoms with E-state index in [4.69, 9.17) is 12.2 Å². The van der Waals surface area contributed by atoms with E-state index < -0.39 is 10.8 Å². The third-order valence-corrected chi connectivity index (χ3v) is 2.80. The highest BCUT2D eigenvalue weighted by atomic mass is 32.1. The van der Waals surface area contributed by atoms with Gasteiger partial charge in [-0.3, -0.25) is 20.2 Å². The average molecular weight is 301 g/mol. The number of nitro benzene ring substituents is 1. The van der Waals surface area contributed by atoms with Crippen LogP contribution in [0.4, 0.5) is 11.4 Å². The minimum Gasteiger partial charge on any atom is -0.332 e. The maximum absolute atomic E-state index is 11.9. The van der Waals surface area contributed by atoms with E-state index in [1.54, 1.807) is 0 Å². The Balaban J connectivity index is 1.97. The van der Waals surface area contributed by atoms with Crippen LogP contribution in [-0.2, 0) is 0 Å². The van der Waals surface area contributed by atoms with E-state index >= 15 is 0 Å². The van der Waals surface area contributed by atoms with Gasteiger partial charge in [0.2, 0.25) is 0 Å². The van der Waals surface area contributed by atoms with Gasteiger partial charge in [-0.25, -0.2) is 0 Å². The first-order valence-electron chi connectivity index (χ1n) is 5.98. The smallest absolute Gasteiger partial charge is 0.269 e. The molecular formula is C14H11N3O3S. The summed E-state index contributed by atoms with van der Waals surface area (Å²) >= 11 is 5.03. The molecule has 0 spiro atoms. The summed E-state index contributed by atoms with van der Waals surface area (Å²) in [5.41, 5.74) is 0.973. The first-order valence-corrected chi connectivity index (χ1v) is 6.39. The van der Waals surface area contributed by atoms with Gasteiger partial charge in [-0.05, 0) is 36.5 Å². The number of para-hydroxylation sites is 1. The summed E-state index contributed by atoms with van der Waals surface area (Å²) in [4.78, 5) is 21.9. The zero-order valence-corrected chi connectivity index (χ0v) is 11.6. The number of nitrogens with zero attached hydrogens (tertiary/aromatic N) is 1. The molecule has 0 aliphatic rings. The van der Waals surface area contributed by atoms with Crippen LogP contribution in [-0.4, -0.2) is 15.9 Å². The van der Waals surface area contributed by atoms with Gasteiger partial charge in [-0.2, -0.15) is 0 Å². The Kier molecular flexibility index (Phi) is 4.57. The minimum absolute atomic E-state index is 0.0727. The number of carbonyl (C=O) groups is 1. The molecule has 2 rings (SSSR count). The van der Waals surface area contributed by atoms with Gasteiger partial charge < -0.3 is 5.32 Å². The fourth-order valence-electron chi connectivity index (χ4n) is 1.59. The fourth-order valence-corrected chi connectivity index (χ4v) is 1.80. The molecule has 2 N–H and O–H groups in total. The van der Waals surface area contributed by atoms with Gasteiger partial charge in [-0.15, -0.1) is 0 Å². The molecule has 0 heterocycles. The number of hydrogen-bond donors (Lipinski definition) is 2. The van der Waals surface area contributed by atoms with Crippen molar-refractivity contribution in [1.29, 1.82) is 0 Å². The SMILES string of the molecule is O=C(NC(=S)Nc1ccccc1)c1ccc([N+](=O)[O-])cc1. The highest BCUT2D eigenvalue weighted by Crippen LogP contribution is 2.12. The molecule has 0 saturated heterocycles. The van der Waals surface area contributed by atoms with Crippen LogP contribution in [0.15, 0.2) is 54.6 Å². The second kappa shape index (κ2) is 6.58. The Bertz CT molecular complexity index is 672. The van der Waals surface area contributed by atoms with E-state index in [9.17, 15) is 14.9 Å². The second-order valence-corrected chi connectivity index (χ2v) is 4.49. The lowest BCUT2D eigenvalue weighted by molar-refractivity contribution is -0.384. The number of nitro groups is 1. The van der Waals surface area contributed by atoms with Gasteiger partial charge in [0.25, 0.3) is 11.6 Å². The molecule has 0 aliphatic heterocycles. The van der Waals surface area contributed by atoms with E-state index in [0.717, 1.165) is 5.69 Å². The first kappa shape index (κ1) is 14.6. The zero-order valence-electron chi connectivity index (χ0n) is 10.8. The van der Waals surface area contributed by atoms with Gasteiger partial charge in [0.15, 0.2) is 5.11 Å². The molecule has 7 heteroatoms. The first-order chi connectivity index (χ1) is 10.1. The van der Waals surface area contributed by atoms with E-state index in [-0.39, 0.29) is 16.4 Å². The van der Waals surface area contributed by atoms with Crippen molar-refractivity contribution in [2.45, 2.75) is 0 Å². The Hall–Kier alpha value is -2.80. The summed E-state index contributed by atoms with van der Waals surface area (Å²) in [5, 5.41) is 16.1. The van der Waals surface area contributed by atoms with Crippen molar-refractivity contribution in [3.63, 3.8) is 0 Å². The van der Waals surface area contributed by atoms with Crippen LogP contribution in [0.5, 0.6) is 0 Å². The van der Waals surface area contributed by atoms with Crippen LogP contribution < -0.4 is 10.6 Å². The molecule has 0 aromatic heterocycles. The summed E-state index contributed by atoms with van der Waals surface area (Å²) < 4.78 is 0. The number of benzene rings is 2. The number of nitrogens with one attached hydrogen (secondary N) is 2. The highest BCUT2D eigenvalue weighted by Gasteiger charge is 2.10. The zero-order chi connectivity index (χ0) is 15.2. The number of rotatable bonds is 3. The predicted octanol–water partition coefficient (Wildman–Crippen LogP) is 2.72. The predicted molar refractivity (Wildman–Crippen MR) is 83.2 cm³/mol. The molecule has 106 valence electrons. The van der Waals surface area contributed by atoms with Crippen molar-refractivity contribution in [2.75, 3.05) is 5.32 Å². The normalized spacial score (nSPS) is 9.71. The van der Waals surface area contributed by atoms with Crippen LogP contribution in [0, 0.1) is 10.1 Å². The molecule has 0 unspecified atom stereocenters. The lowest BCUT2D eigenvalue weighted by atomic mass is 10.2. The van der Waals surface area contributed by atoms with E-state index in [2.05, 4.69) is 10.6 Å². The van der Waals surface area contributed by atoms with Gasteiger partial charge in [-0.1, -0.05) is 18.2 Å². The largest absolute Gasteiger partial charge is 0.332 e. The highest BCUT2D eigenvalue weighted by molar-refractivity contribution is 7.80. The van der Waals surface area contributed by atoms with Crippen LogP contribution in [0.2, 0.25) is 0 Å². The Morgan fingerprint density at radius 3 is 2.24 bits per heavy atom. The minimum atomic E-state index is -0.525. The molecule has 0 saturated carbocycles. The molecule has 2 aromatic carbocycles. The number of non-ortho nitro benzene ring substituents is 1. The number of carbonyl (C=O) groups excluding carboxylic acids is 1. The van der Waals surface area contributed by atoms with Gasteiger partial charge in [0.05, 0.1) is 4.92 Å². The van der Waals surface area contributed by atoms with Crippen LogP contribution in [0.1, 0.15) is 10.4 Å². The van der Waals surface area contributed by atoms with Gasteiger partial charge in [0.1, 0.15) is 0 Å². The van der Waals surface area contributed by atoms with Gasteiger partial charge >= 0.3 is 0 Å². The van der Waals surface area contributed by atoms with Crippen molar-refractivity contribution < 1.29 is 9.72 Å². The quantitative estimate of drug-likeness (QED) is 0.517. The maximum atomic E-state index is 11.9. The number of amides is 1. The van der Waals surface area contributed by atoms with Crippen LogP contribution >= 0.6 is 12.2 Å².